The number of anilines is 1. The number of nitrogens with zero attached hydrogens (tertiary/aromatic N) is 2. The Balaban J connectivity index is 3.11. The maximum Gasteiger partial charge on any atom is 0.227 e. The number of thioether (sulfide) groups is 1. The van der Waals surface area contributed by atoms with Gasteiger partial charge in [0.1, 0.15) is 16.7 Å². The van der Waals surface area contributed by atoms with Crippen molar-refractivity contribution in [2.45, 2.75) is 38.1 Å². The van der Waals surface area contributed by atoms with Gasteiger partial charge in [0.05, 0.1) is 5.75 Å². The number of carbonyl (C=O) groups excluding carboxylic acids is 1. The van der Waals surface area contributed by atoms with Gasteiger partial charge in [0, 0.05) is 11.0 Å². The molecule has 0 aromatic carbocycles. The smallest absolute Gasteiger partial charge is 0.227 e. The highest BCUT2D eigenvalue weighted by Crippen LogP contribution is 2.27. The fraction of sp³-hybridized carbons (Fsp3) is 0.545. The first-order valence-electron chi connectivity index (χ1n) is 5.27. The van der Waals surface area contributed by atoms with E-state index in [1.54, 1.807) is 0 Å². The number of rotatable bonds is 3. The van der Waals surface area contributed by atoms with Gasteiger partial charge in [-0.25, -0.2) is 9.97 Å². The van der Waals surface area contributed by atoms with Crippen LogP contribution in [-0.2, 0) is 10.2 Å². The van der Waals surface area contributed by atoms with E-state index in [4.69, 9.17) is 11.5 Å². The van der Waals surface area contributed by atoms with Crippen molar-refractivity contribution in [3.63, 3.8) is 0 Å². The third kappa shape index (κ3) is 3.59. The highest BCUT2D eigenvalue weighted by atomic mass is 32.2. The van der Waals surface area contributed by atoms with Crippen molar-refractivity contribution >= 4 is 23.5 Å². The standard InChI is InChI=1S/C11H18N4OS/c1-6-8(13)14-10(11(2,3)4)15-9(6)17-5-7(12)16/h5H2,1-4H3,(H2,12,16)(H2,13,14,15). The zero-order chi connectivity index (χ0) is 13.2. The van der Waals surface area contributed by atoms with Gasteiger partial charge in [-0.3, -0.25) is 4.79 Å². The number of primary amides is 1. The molecule has 1 aromatic rings. The second kappa shape index (κ2) is 4.91. The molecule has 1 rings (SSSR count). The van der Waals surface area contributed by atoms with Crippen LogP contribution in [0.5, 0.6) is 0 Å². The van der Waals surface area contributed by atoms with E-state index in [1.165, 1.54) is 11.8 Å². The number of hydrogen-bond donors (Lipinski definition) is 2. The summed E-state index contributed by atoms with van der Waals surface area (Å²) in [6, 6.07) is 0. The Labute approximate surface area is 105 Å². The summed E-state index contributed by atoms with van der Waals surface area (Å²) in [5.74, 6) is 0.953. The molecule has 0 aliphatic heterocycles. The van der Waals surface area contributed by atoms with Gasteiger partial charge in [0.15, 0.2) is 0 Å². The summed E-state index contributed by atoms with van der Waals surface area (Å²) < 4.78 is 0. The molecule has 0 aliphatic carbocycles. The minimum Gasteiger partial charge on any atom is -0.383 e. The predicted octanol–water partition coefficient (Wildman–Crippen LogP) is 1.24. The molecule has 0 aliphatic rings. The second-order valence-corrected chi connectivity index (χ2v) is 5.83. The van der Waals surface area contributed by atoms with Crippen molar-refractivity contribution in [3.05, 3.63) is 11.4 Å². The van der Waals surface area contributed by atoms with Gasteiger partial charge in [-0.1, -0.05) is 32.5 Å². The Morgan fingerprint density at radius 2 is 1.94 bits per heavy atom. The van der Waals surface area contributed by atoms with E-state index in [2.05, 4.69) is 9.97 Å². The van der Waals surface area contributed by atoms with Crippen LogP contribution in [0.25, 0.3) is 0 Å². The van der Waals surface area contributed by atoms with Gasteiger partial charge >= 0.3 is 0 Å². The molecule has 0 saturated carbocycles. The lowest BCUT2D eigenvalue weighted by atomic mass is 9.95. The molecule has 6 heteroatoms. The first-order valence-corrected chi connectivity index (χ1v) is 6.26. The van der Waals surface area contributed by atoms with Crippen molar-refractivity contribution in [1.29, 1.82) is 0 Å². The molecular formula is C11H18N4OS. The first-order chi connectivity index (χ1) is 7.71. The lowest BCUT2D eigenvalue weighted by Crippen LogP contribution is -2.19. The lowest BCUT2D eigenvalue weighted by molar-refractivity contribution is -0.115. The van der Waals surface area contributed by atoms with Gasteiger partial charge in [0.25, 0.3) is 0 Å². The zero-order valence-corrected chi connectivity index (χ0v) is 11.4. The SMILES string of the molecule is Cc1c(N)nc(C(C)(C)C)nc1SCC(N)=O. The van der Waals surface area contributed by atoms with Crippen LogP contribution in [0.3, 0.4) is 0 Å². The van der Waals surface area contributed by atoms with Crippen molar-refractivity contribution in [3.8, 4) is 0 Å². The molecule has 0 bridgehead atoms. The molecule has 1 heterocycles. The van der Waals surface area contributed by atoms with E-state index in [-0.39, 0.29) is 17.1 Å². The molecule has 94 valence electrons. The number of nitrogens with two attached hydrogens (primary N) is 2. The van der Waals surface area contributed by atoms with E-state index < -0.39 is 0 Å². The molecule has 0 atom stereocenters. The summed E-state index contributed by atoms with van der Waals surface area (Å²) in [6.45, 7) is 7.88. The summed E-state index contributed by atoms with van der Waals surface area (Å²) in [5.41, 5.74) is 11.6. The molecule has 0 spiro atoms. The molecule has 5 nitrogen and oxygen atoms in total. The van der Waals surface area contributed by atoms with Crippen molar-refractivity contribution < 1.29 is 4.79 Å². The number of carbonyl (C=O) groups is 1. The molecule has 4 N–H and O–H groups in total. The molecular weight excluding hydrogens is 236 g/mol. The third-order valence-electron chi connectivity index (χ3n) is 2.16. The lowest BCUT2D eigenvalue weighted by Gasteiger charge is -2.18. The number of hydrogen-bond acceptors (Lipinski definition) is 5. The first kappa shape index (κ1) is 13.8. The van der Waals surface area contributed by atoms with Gasteiger partial charge < -0.3 is 11.5 Å². The average Bonchev–Trinajstić information content (AvgIpc) is 2.18. The summed E-state index contributed by atoms with van der Waals surface area (Å²) in [4.78, 5) is 19.5. The minimum atomic E-state index is -0.371. The van der Waals surface area contributed by atoms with Gasteiger partial charge in [-0.05, 0) is 6.92 Å². The van der Waals surface area contributed by atoms with Crippen LogP contribution < -0.4 is 11.5 Å². The summed E-state index contributed by atoms with van der Waals surface area (Å²) >= 11 is 1.29. The topological polar surface area (TPSA) is 94.9 Å². The van der Waals surface area contributed by atoms with E-state index in [9.17, 15) is 4.79 Å². The summed E-state index contributed by atoms with van der Waals surface area (Å²) in [7, 11) is 0. The Morgan fingerprint density at radius 3 is 2.41 bits per heavy atom. The highest BCUT2D eigenvalue weighted by Gasteiger charge is 2.20. The van der Waals surface area contributed by atoms with E-state index in [1.807, 2.05) is 27.7 Å². The van der Waals surface area contributed by atoms with Crippen LogP contribution in [-0.4, -0.2) is 21.6 Å². The molecule has 0 saturated heterocycles. The van der Waals surface area contributed by atoms with Gasteiger partial charge in [-0.2, -0.15) is 0 Å². The maximum atomic E-state index is 10.8. The van der Waals surface area contributed by atoms with E-state index in [0.717, 1.165) is 10.6 Å². The minimum absolute atomic E-state index is 0.177. The molecule has 1 aromatic heterocycles. The maximum absolute atomic E-state index is 10.8. The van der Waals surface area contributed by atoms with Gasteiger partial charge in [-0.15, -0.1) is 0 Å². The molecule has 0 radical (unpaired) electrons. The number of nitrogen functional groups attached to an aromatic ring is 1. The molecule has 0 unspecified atom stereocenters. The van der Waals surface area contributed by atoms with Crippen LogP contribution in [0.1, 0.15) is 32.2 Å². The summed E-state index contributed by atoms with van der Waals surface area (Å²) in [6.07, 6.45) is 0. The van der Waals surface area contributed by atoms with Crippen molar-refractivity contribution in [2.75, 3.05) is 11.5 Å². The van der Waals surface area contributed by atoms with Crippen LogP contribution in [0.15, 0.2) is 5.03 Å². The molecule has 0 fully saturated rings. The Hall–Kier alpha value is -1.30. The number of amides is 1. The predicted molar refractivity (Wildman–Crippen MR) is 69.8 cm³/mol. The van der Waals surface area contributed by atoms with Gasteiger partial charge in [0.2, 0.25) is 5.91 Å². The van der Waals surface area contributed by atoms with E-state index in [0.29, 0.717) is 11.6 Å². The molecule has 1 amide bonds. The summed E-state index contributed by atoms with van der Waals surface area (Å²) in [5, 5.41) is 0.723. The van der Waals surface area contributed by atoms with Crippen LogP contribution in [0, 0.1) is 6.92 Å². The van der Waals surface area contributed by atoms with Crippen molar-refractivity contribution in [2.24, 2.45) is 5.73 Å². The number of aromatic nitrogens is 2. The van der Waals surface area contributed by atoms with E-state index >= 15 is 0 Å². The Kier molecular flexibility index (Phi) is 3.98. The second-order valence-electron chi connectivity index (χ2n) is 4.87. The Morgan fingerprint density at radius 1 is 1.35 bits per heavy atom. The Bertz CT molecular complexity index is 440. The van der Waals surface area contributed by atoms with Crippen LogP contribution in [0.2, 0.25) is 0 Å². The third-order valence-corrected chi connectivity index (χ3v) is 3.26. The van der Waals surface area contributed by atoms with Crippen LogP contribution in [0.4, 0.5) is 5.82 Å². The normalized spacial score (nSPS) is 11.5. The average molecular weight is 254 g/mol. The molecule has 17 heavy (non-hydrogen) atoms. The largest absolute Gasteiger partial charge is 0.383 e. The monoisotopic (exact) mass is 254 g/mol. The quantitative estimate of drug-likeness (QED) is 0.625. The fourth-order valence-electron chi connectivity index (χ4n) is 1.13. The zero-order valence-electron chi connectivity index (χ0n) is 10.6. The van der Waals surface area contributed by atoms with Crippen molar-refractivity contribution in [1.82, 2.24) is 9.97 Å². The fourth-order valence-corrected chi connectivity index (χ4v) is 1.88. The highest BCUT2D eigenvalue weighted by molar-refractivity contribution is 7.99. The van der Waals surface area contributed by atoms with Crippen LogP contribution >= 0.6 is 11.8 Å².